The summed E-state index contributed by atoms with van der Waals surface area (Å²) in [5.74, 6) is 0.00177. The van der Waals surface area contributed by atoms with Crippen LogP contribution in [-0.2, 0) is 25.9 Å². The number of para-hydroxylation sites is 1. The minimum atomic E-state index is -0.731. The van der Waals surface area contributed by atoms with E-state index in [0.717, 1.165) is 5.56 Å². The largest absolute Gasteiger partial charge is 0.462 e. The van der Waals surface area contributed by atoms with Crippen molar-refractivity contribution in [2.45, 2.75) is 19.8 Å². The Morgan fingerprint density at radius 3 is 2.29 bits per heavy atom. The number of hydrogen-bond donors (Lipinski definition) is 0. The molecule has 2 aromatic carbocycles. The summed E-state index contributed by atoms with van der Waals surface area (Å²) in [6, 6.07) is 18.9. The number of rotatable bonds is 9. The predicted octanol–water partition coefficient (Wildman–Crippen LogP) is 3.66. The van der Waals surface area contributed by atoms with Gasteiger partial charge in [-0.3, -0.25) is 4.89 Å². The first-order valence-electron chi connectivity index (χ1n) is 7.51. The zero-order valence-corrected chi connectivity index (χ0v) is 13.5. The van der Waals surface area contributed by atoms with E-state index in [0.29, 0.717) is 12.4 Å². The highest BCUT2D eigenvalue weighted by Gasteiger charge is 2.14. The summed E-state index contributed by atoms with van der Waals surface area (Å²) < 4.78 is 11.4. The van der Waals surface area contributed by atoms with E-state index in [1.165, 1.54) is 6.92 Å². The zero-order chi connectivity index (χ0) is 17.2. The lowest BCUT2D eigenvalue weighted by Crippen LogP contribution is -2.27. The highest BCUT2D eigenvalue weighted by Crippen LogP contribution is 2.13. The van der Waals surface area contributed by atoms with Gasteiger partial charge in [-0.05, 0) is 24.6 Å². The molecule has 2 rings (SSSR count). The zero-order valence-electron chi connectivity index (χ0n) is 13.5. The molecule has 1 atom stereocenters. The Morgan fingerprint density at radius 1 is 1.04 bits per heavy atom. The van der Waals surface area contributed by atoms with Gasteiger partial charge in [-0.25, -0.2) is 4.79 Å². The van der Waals surface area contributed by atoms with Gasteiger partial charge < -0.3 is 9.47 Å². The molecule has 0 spiro atoms. The number of carbonyl (C=O) groups is 1. The van der Waals surface area contributed by atoms with E-state index in [1.54, 1.807) is 12.1 Å². The van der Waals surface area contributed by atoms with Crippen molar-refractivity contribution in [2.24, 2.45) is 0 Å². The quantitative estimate of drug-likeness (QED) is 0.304. The van der Waals surface area contributed by atoms with E-state index >= 15 is 0 Å². The van der Waals surface area contributed by atoms with E-state index in [9.17, 15) is 4.79 Å². The van der Waals surface area contributed by atoms with Gasteiger partial charge in [-0.1, -0.05) is 55.1 Å². The molecule has 0 aliphatic rings. The number of ether oxygens (including phenoxy) is 2. The number of hydrogen-bond acceptors (Lipinski definition) is 5. The molecule has 0 saturated heterocycles. The highest BCUT2D eigenvalue weighted by molar-refractivity contribution is 5.86. The minimum absolute atomic E-state index is 0.0687. The molecule has 1 unspecified atom stereocenters. The summed E-state index contributed by atoms with van der Waals surface area (Å²) in [5, 5.41) is 0. The molecule has 0 N–H and O–H groups in total. The van der Waals surface area contributed by atoms with Crippen molar-refractivity contribution in [3.8, 4) is 5.75 Å². The van der Waals surface area contributed by atoms with Crippen LogP contribution in [0.15, 0.2) is 72.8 Å². The van der Waals surface area contributed by atoms with Crippen LogP contribution in [0.2, 0.25) is 0 Å². The topological polar surface area (TPSA) is 54.0 Å². The first-order valence-corrected chi connectivity index (χ1v) is 7.51. The first kappa shape index (κ1) is 17.7. The van der Waals surface area contributed by atoms with Crippen molar-refractivity contribution < 1.29 is 24.0 Å². The molecule has 5 heteroatoms. The Kier molecular flexibility index (Phi) is 7.01. The molecule has 0 fully saturated rings. The fourth-order valence-corrected chi connectivity index (χ4v) is 1.74. The second kappa shape index (κ2) is 9.50. The van der Waals surface area contributed by atoms with E-state index < -0.39 is 12.3 Å². The Balaban J connectivity index is 1.90. The van der Waals surface area contributed by atoms with Crippen LogP contribution < -0.4 is 4.74 Å². The molecule has 0 aliphatic carbocycles. The molecule has 5 nitrogen and oxygen atoms in total. The molecule has 0 aromatic heterocycles. The lowest BCUT2D eigenvalue weighted by atomic mass is 10.2. The van der Waals surface area contributed by atoms with Gasteiger partial charge in [0.15, 0.2) is 6.61 Å². The SMILES string of the molecule is C=C(C)C(=O)OOCC(OCc1ccccc1)Oc1ccccc1. The van der Waals surface area contributed by atoms with Crippen LogP contribution in [0.1, 0.15) is 12.5 Å². The first-order chi connectivity index (χ1) is 11.6. The predicted molar refractivity (Wildman–Crippen MR) is 88.9 cm³/mol. The maximum absolute atomic E-state index is 11.3. The third kappa shape index (κ3) is 6.24. The maximum Gasteiger partial charge on any atom is 0.368 e. The van der Waals surface area contributed by atoms with E-state index in [-0.39, 0.29) is 12.2 Å². The molecule has 0 aliphatic heterocycles. The number of benzene rings is 2. The van der Waals surface area contributed by atoms with E-state index in [4.69, 9.17) is 14.4 Å². The summed E-state index contributed by atoms with van der Waals surface area (Å²) >= 11 is 0. The van der Waals surface area contributed by atoms with E-state index in [2.05, 4.69) is 11.5 Å². The lowest BCUT2D eigenvalue weighted by Gasteiger charge is -2.19. The molecule has 0 saturated carbocycles. The standard InChI is InChI=1S/C19H20O5/c1-15(2)19(20)24-22-14-18(23-17-11-7-4-8-12-17)21-13-16-9-5-3-6-10-16/h3-12,18H,1,13-14H2,2H3. The van der Waals surface area contributed by atoms with Crippen molar-refractivity contribution in [3.05, 3.63) is 78.4 Å². The van der Waals surface area contributed by atoms with Crippen molar-refractivity contribution in [3.63, 3.8) is 0 Å². The van der Waals surface area contributed by atoms with Gasteiger partial charge in [-0.15, -0.1) is 0 Å². The van der Waals surface area contributed by atoms with Gasteiger partial charge >= 0.3 is 5.97 Å². The van der Waals surface area contributed by atoms with Crippen molar-refractivity contribution in [2.75, 3.05) is 6.61 Å². The molecular formula is C19H20O5. The van der Waals surface area contributed by atoms with Crippen LogP contribution in [-0.4, -0.2) is 18.9 Å². The van der Waals surface area contributed by atoms with Crippen LogP contribution in [0.3, 0.4) is 0 Å². The van der Waals surface area contributed by atoms with Crippen LogP contribution in [0.4, 0.5) is 0 Å². The summed E-state index contributed by atoms with van der Waals surface area (Å²) in [4.78, 5) is 20.9. The van der Waals surface area contributed by atoms with Crippen LogP contribution >= 0.6 is 0 Å². The molecule has 0 bridgehead atoms. The van der Waals surface area contributed by atoms with Crippen LogP contribution in [0.25, 0.3) is 0 Å². The monoisotopic (exact) mass is 328 g/mol. The fourth-order valence-electron chi connectivity index (χ4n) is 1.74. The Hall–Kier alpha value is -2.63. The van der Waals surface area contributed by atoms with Gasteiger partial charge in [-0.2, -0.15) is 4.89 Å². The van der Waals surface area contributed by atoms with Crippen molar-refractivity contribution in [1.82, 2.24) is 0 Å². The summed E-state index contributed by atoms with van der Waals surface area (Å²) in [7, 11) is 0. The molecule has 2 aromatic rings. The van der Waals surface area contributed by atoms with Crippen LogP contribution in [0.5, 0.6) is 5.75 Å². The average molecular weight is 328 g/mol. The molecule has 24 heavy (non-hydrogen) atoms. The second-order valence-electron chi connectivity index (χ2n) is 5.09. The van der Waals surface area contributed by atoms with Gasteiger partial charge in [0.1, 0.15) is 5.75 Å². The average Bonchev–Trinajstić information content (AvgIpc) is 2.61. The molecular weight excluding hydrogens is 308 g/mol. The molecule has 126 valence electrons. The maximum atomic E-state index is 11.3. The van der Waals surface area contributed by atoms with Gasteiger partial charge in [0, 0.05) is 5.57 Å². The summed E-state index contributed by atoms with van der Waals surface area (Å²) in [6.07, 6.45) is -0.731. The Labute approximate surface area is 141 Å². The summed E-state index contributed by atoms with van der Waals surface area (Å²) in [5.41, 5.74) is 1.25. The Bertz CT molecular complexity index is 639. The lowest BCUT2D eigenvalue weighted by molar-refractivity contribution is -0.295. The molecule has 0 radical (unpaired) electrons. The fraction of sp³-hybridized carbons (Fsp3) is 0.211. The third-order valence-corrected chi connectivity index (χ3v) is 2.98. The molecule has 0 heterocycles. The Morgan fingerprint density at radius 2 is 1.67 bits per heavy atom. The van der Waals surface area contributed by atoms with Crippen LogP contribution in [0, 0.1) is 0 Å². The minimum Gasteiger partial charge on any atom is -0.462 e. The van der Waals surface area contributed by atoms with Crippen molar-refractivity contribution in [1.29, 1.82) is 0 Å². The normalized spacial score (nSPS) is 11.5. The second-order valence-corrected chi connectivity index (χ2v) is 5.09. The molecule has 0 amide bonds. The summed E-state index contributed by atoms with van der Waals surface area (Å²) in [6.45, 7) is 5.29. The van der Waals surface area contributed by atoms with Crippen molar-refractivity contribution >= 4 is 5.97 Å². The number of carbonyl (C=O) groups excluding carboxylic acids is 1. The third-order valence-electron chi connectivity index (χ3n) is 2.98. The van der Waals surface area contributed by atoms with Gasteiger partial charge in [0.2, 0.25) is 6.29 Å². The van der Waals surface area contributed by atoms with E-state index in [1.807, 2.05) is 48.5 Å². The highest BCUT2D eigenvalue weighted by atomic mass is 17.2. The van der Waals surface area contributed by atoms with Gasteiger partial charge in [0.05, 0.1) is 6.61 Å². The van der Waals surface area contributed by atoms with Gasteiger partial charge in [0.25, 0.3) is 0 Å². The smallest absolute Gasteiger partial charge is 0.368 e.